The summed E-state index contributed by atoms with van der Waals surface area (Å²) < 4.78 is 4.70. The topological polar surface area (TPSA) is 91.5 Å². The summed E-state index contributed by atoms with van der Waals surface area (Å²) >= 11 is 0. The molecule has 0 bridgehead atoms. The molecule has 0 spiro atoms. The van der Waals surface area contributed by atoms with Crippen LogP contribution in [0.3, 0.4) is 0 Å². The van der Waals surface area contributed by atoms with Gasteiger partial charge in [-0.15, -0.1) is 0 Å². The number of aryl methyl sites for hydroxylation is 1. The van der Waals surface area contributed by atoms with Crippen LogP contribution in [0.25, 0.3) is 0 Å². The highest BCUT2D eigenvalue weighted by atomic mass is 16.5. The molecule has 2 amide bonds. The molecule has 0 fully saturated rings. The average Bonchev–Trinajstić information content (AvgIpc) is 2.81. The minimum atomic E-state index is -0.515. The molecule has 128 valence electrons. The maximum Gasteiger partial charge on any atom is 0.354 e. The largest absolute Gasteiger partial charge is 0.464 e. The van der Waals surface area contributed by atoms with Gasteiger partial charge in [-0.2, -0.15) is 0 Å². The van der Waals surface area contributed by atoms with Crippen LogP contribution in [0.2, 0.25) is 0 Å². The molecule has 0 saturated carbocycles. The van der Waals surface area contributed by atoms with Crippen molar-refractivity contribution in [1.82, 2.24) is 15.2 Å². The summed E-state index contributed by atoms with van der Waals surface area (Å²) in [4.78, 5) is 40.7. The molecule has 7 heteroatoms. The van der Waals surface area contributed by atoms with Crippen molar-refractivity contribution in [3.05, 3.63) is 22.5 Å². The Kier molecular flexibility index (Phi) is 6.81. The first kappa shape index (κ1) is 18.7. The molecule has 1 heterocycles. The van der Waals surface area contributed by atoms with Crippen molar-refractivity contribution in [1.29, 1.82) is 0 Å². The SMILES string of the molecule is CCCN(CC(=O)c1c(C)[nH]c(C(=O)OC)c1C)C(=O)NCC. The standard InChI is InChI=1S/C16H25N3O4/c1-6-8-19(16(22)17-7-2)9-12(20)13-10(3)14(15(21)23-5)18-11(13)4/h18H,6-9H2,1-5H3,(H,17,22). The van der Waals surface area contributed by atoms with Crippen molar-refractivity contribution in [3.63, 3.8) is 0 Å². The highest BCUT2D eigenvalue weighted by Gasteiger charge is 2.24. The van der Waals surface area contributed by atoms with Crippen molar-refractivity contribution in [2.45, 2.75) is 34.1 Å². The molecule has 0 aliphatic heterocycles. The highest BCUT2D eigenvalue weighted by Crippen LogP contribution is 2.19. The first-order valence-electron chi connectivity index (χ1n) is 7.70. The molecule has 0 aliphatic carbocycles. The van der Waals surface area contributed by atoms with Gasteiger partial charge in [-0.3, -0.25) is 4.79 Å². The molecule has 1 aromatic rings. The number of esters is 1. The molecular weight excluding hydrogens is 298 g/mol. The number of nitrogens with one attached hydrogen (secondary N) is 2. The van der Waals surface area contributed by atoms with E-state index >= 15 is 0 Å². The van der Waals surface area contributed by atoms with Crippen molar-refractivity contribution in [3.8, 4) is 0 Å². The Morgan fingerprint density at radius 1 is 1.22 bits per heavy atom. The van der Waals surface area contributed by atoms with Crippen LogP contribution in [0.5, 0.6) is 0 Å². The second-order valence-corrected chi connectivity index (χ2v) is 5.30. The molecule has 0 aliphatic rings. The Labute approximate surface area is 136 Å². The molecule has 2 N–H and O–H groups in total. The van der Waals surface area contributed by atoms with E-state index in [0.717, 1.165) is 6.42 Å². The third kappa shape index (κ3) is 4.34. The van der Waals surface area contributed by atoms with Gasteiger partial charge >= 0.3 is 12.0 Å². The Hall–Kier alpha value is -2.31. The number of carbonyl (C=O) groups excluding carboxylic acids is 3. The number of nitrogens with zero attached hydrogens (tertiary/aromatic N) is 1. The molecule has 1 aromatic heterocycles. The number of urea groups is 1. The van der Waals surface area contributed by atoms with Gasteiger partial charge < -0.3 is 19.9 Å². The van der Waals surface area contributed by atoms with E-state index in [-0.39, 0.29) is 24.1 Å². The number of ketones is 1. The fourth-order valence-corrected chi connectivity index (χ4v) is 2.51. The molecule has 1 rings (SSSR count). The van der Waals surface area contributed by atoms with Crippen molar-refractivity contribution >= 4 is 17.8 Å². The highest BCUT2D eigenvalue weighted by molar-refractivity contribution is 6.04. The van der Waals surface area contributed by atoms with E-state index in [2.05, 4.69) is 10.3 Å². The number of amides is 2. The second-order valence-electron chi connectivity index (χ2n) is 5.30. The van der Waals surface area contributed by atoms with Crippen LogP contribution in [0, 0.1) is 13.8 Å². The van der Waals surface area contributed by atoms with E-state index in [4.69, 9.17) is 4.74 Å². The van der Waals surface area contributed by atoms with Crippen LogP contribution in [0.4, 0.5) is 4.79 Å². The lowest BCUT2D eigenvalue weighted by Gasteiger charge is -2.21. The van der Waals surface area contributed by atoms with Crippen LogP contribution in [-0.4, -0.2) is 54.4 Å². The Bertz CT molecular complexity index is 592. The van der Waals surface area contributed by atoms with Crippen LogP contribution >= 0.6 is 0 Å². The summed E-state index contributed by atoms with van der Waals surface area (Å²) in [6, 6.07) is -0.262. The molecular formula is C16H25N3O4. The maximum absolute atomic E-state index is 12.6. The van der Waals surface area contributed by atoms with E-state index in [1.807, 2.05) is 13.8 Å². The minimum absolute atomic E-state index is 0.0280. The maximum atomic E-state index is 12.6. The normalized spacial score (nSPS) is 10.3. The minimum Gasteiger partial charge on any atom is -0.464 e. The average molecular weight is 323 g/mol. The summed E-state index contributed by atoms with van der Waals surface area (Å²) in [7, 11) is 1.29. The molecule has 23 heavy (non-hydrogen) atoms. The first-order chi connectivity index (χ1) is 10.9. The molecule has 0 saturated heterocycles. The van der Waals surface area contributed by atoms with Crippen molar-refractivity contribution in [2.24, 2.45) is 0 Å². The lowest BCUT2D eigenvalue weighted by atomic mass is 10.1. The van der Waals surface area contributed by atoms with E-state index in [9.17, 15) is 14.4 Å². The lowest BCUT2D eigenvalue weighted by molar-refractivity contribution is 0.0594. The van der Waals surface area contributed by atoms with E-state index < -0.39 is 5.97 Å². The smallest absolute Gasteiger partial charge is 0.354 e. The summed E-state index contributed by atoms with van der Waals surface area (Å²) in [6.45, 7) is 8.15. The number of aromatic amines is 1. The van der Waals surface area contributed by atoms with Gasteiger partial charge in [-0.1, -0.05) is 6.92 Å². The second kappa shape index (κ2) is 8.36. The number of hydrogen-bond acceptors (Lipinski definition) is 4. The fourth-order valence-electron chi connectivity index (χ4n) is 2.51. The number of hydrogen-bond donors (Lipinski definition) is 2. The fraction of sp³-hybridized carbons (Fsp3) is 0.562. The number of Topliss-reactive ketones (excluding diaryl/α,β-unsaturated/α-hetero) is 1. The molecule has 0 aromatic carbocycles. The summed E-state index contributed by atoms with van der Waals surface area (Å²) in [5.74, 6) is -0.718. The third-order valence-corrected chi connectivity index (χ3v) is 3.55. The Balaban J connectivity index is 3.02. The van der Waals surface area contributed by atoms with Gasteiger partial charge in [-0.25, -0.2) is 9.59 Å². The number of methoxy groups -OCH3 is 1. The number of aromatic nitrogens is 1. The lowest BCUT2D eigenvalue weighted by Crippen LogP contribution is -2.43. The van der Waals surface area contributed by atoms with Gasteiger partial charge in [0.05, 0.1) is 13.7 Å². The molecule has 0 atom stereocenters. The predicted octanol–water partition coefficient (Wildman–Crippen LogP) is 2.04. The zero-order valence-corrected chi connectivity index (χ0v) is 14.4. The van der Waals surface area contributed by atoms with Crippen LogP contribution in [0.15, 0.2) is 0 Å². The van der Waals surface area contributed by atoms with Crippen LogP contribution in [-0.2, 0) is 4.74 Å². The first-order valence-corrected chi connectivity index (χ1v) is 7.70. The summed E-state index contributed by atoms with van der Waals surface area (Å²) in [5, 5.41) is 2.70. The number of rotatable bonds is 7. The third-order valence-electron chi connectivity index (χ3n) is 3.55. The molecule has 0 unspecified atom stereocenters. The van der Waals surface area contributed by atoms with Crippen molar-refractivity contribution in [2.75, 3.05) is 26.7 Å². The Morgan fingerprint density at radius 2 is 1.87 bits per heavy atom. The van der Waals surface area contributed by atoms with Gasteiger partial charge in [0.25, 0.3) is 0 Å². The number of carbonyl (C=O) groups is 3. The Morgan fingerprint density at radius 3 is 2.39 bits per heavy atom. The van der Waals surface area contributed by atoms with Crippen LogP contribution < -0.4 is 5.32 Å². The van der Waals surface area contributed by atoms with Gasteiger partial charge in [-0.05, 0) is 32.8 Å². The summed E-state index contributed by atoms with van der Waals surface area (Å²) in [5.41, 5.74) is 1.86. The molecule has 0 radical (unpaired) electrons. The van der Waals surface area contributed by atoms with Crippen molar-refractivity contribution < 1.29 is 19.1 Å². The van der Waals surface area contributed by atoms with E-state index in [0.29, 0.717) is 29.9 Å². The van der Waals surface area contributed by atoms with E-state index in [1.54, 1.807) is 13.8 Å². The quantitative estimate of drug-likeness (QED) is 0.593. The monoisotopic (exact) mass is 323 g/mol. The zero-order valence-electron chi connectivity index (χ0n) is 14.4. The predicted molar refractivity (Wildman–Crippen MR) is 86.9 cm³/mol. The summed E-state index contributed by atoms with van der Waals surface area (Å²) in [6.07, 6.45) is 0.753. The number of H-pyrrole nitrogens is 1. The van der Waals surface area contributed by atoms with Gasteiger partial charge in [0.2, 0.25) is 0 Å². The van der Waals surface area contributed by atoms with Gasteiger partial charge in [0, 0.05) is 24.3 Å². The number of ether oxygens (including phenoxy) is 1. The van der Waals surface area contributed by atoms with Crippen LogP contribution in [0.1, 0.15) is 52.4 Å². The van der Waals surface area contributed by atoms with Gasteiger partial charge in [0.15, 0.2) is 5.78 Å². The molecule has 7 nitrogen and oxygen atoms in total. The van der Waals surface area contributed by atoms with Gasteiger partial charge in [0.1, 0.15) is 5.69 Å². The zero-order chi connectivity index (χ0) is 17.6. The van der Waals surface area contributed by atoms with E-state index in [1.165, 1.54) is 12.0 Å².